The first-order valence-electron chi connectivity index (χ1n) is 11.7. The largest absolute Gasteiger partial charge is 0.481 e. The predicted molar refractivity (Wildman–Crippen MR) is 135 cm³/mol. The molecule has 3 aromatic rings. The molecule has 4 N–H and O–H groups in total. The lowest BCUT2D eigenvalue weighted by Gasteiger charge is -2.61. The smallest absolute Gasteiger partial charge is 0.258 e. The molecule has 4 fully saturated rings. The summed E-state index contributed by atoms with van der Waals surface area (Å²) in [7, 11) is -0.392. The highest BCUT2D eigenvalue weighted by atomic mass is 32.2. The number of anilines is 3. The van der Waals surface area contributed by atoms with Gasteiger partial charge in [-0.2, -0.15) is 0 Å². The molecule has 8 nitrogen and oxygen atoms in total. The Morgan fingerprint density at radius 3 is 2.60 bits per heavy atom. The van der Waals surface area contributed by atoms with Crippen molar-refractivity contribution >= 4 is 44.8 Å². The number of nitrogen functional groups attached to an aromatic ring is 1. The van der Waals surface area contributed by atoms with Gasteiger partial charge in [0.05, 0.1) is 11.2 Å². The SMILES string of the molecule is Cc1cc(N)cc2ncnc(Nc3ccc(F)cc3OCC(=O)NC34CC(C3)C4)c12.O=S1CCC1. The Balaban J connectivity index is 0.000000453. The van der Waals surface area contributed by atoms with Crippen molar-refractivity contribution in [2.75, 3.05) is 29.2 Å². The second kappa shape index (κ2) is 9.41. The van der Waals surface area contributed by atoms with Crippen molar-refractivity contribution in [3.05, 3.63) is 48.0 Å². The molecule has 3 aliphatic carbocycles. The zero-order chi connectivity index (χ0) is 24.6. The molecule has 1 saturated heterocycles. The van der Waals surface area contributed by atoms with Crippen LogP contribution in [0.4, 0.5) is 21.6 Å². The Bertz CT molecular complexity index is 1290. The number of fused-ring (bicyclic) bond motifs is 1. The maximum absolute atomic E-state index is 13.9. The number of amides is 1. The molecule has 0 spiro atoms. The zero-order valence-electron chi connectivity index (χ0n) is 19.5. The Labute approximate surface area is 205 Å². The lowest BCUT2D eigenvalue weighted by Crippen LogP contribution is -2.68. The maximum Gasteiger partial charge on any atom is 0.258 e. The fourth-order valence-electron chi connectivity index (χ4n) is 4.73. The van der Waals surface area contributed by atoms with E-state index < -0.39 is 16.6 Å². The van der Waals surface area contributed by atoms with Gasteiger partial charge >= 0.3 is 0 Å². The van der Waals surface area contributed by atoms with Gasteiger partial charge in [-0.25, -0.2) is 14.4 Å². The van der Waals surface area contributed by atoms with Crippen LogP contribution in [0, 0.1) is 18.7 Å². The molecule has 1 aliphatic heterocycles. The summed E-state index contributed by atoms with van der Waals surface area (Å²) in [5.41, 5.74) is 8.63. The van der Waals surface area contributed by atoms with Crippen molar-refractivity contribution in [3.8, 4) is 5.75 Å². The summed E-state index contributed by atoms with van der Waals surface area (Å²) in [6, 6.07) is 7.75. The number of rotatable bonds is 6. The number of hydrogen-bond acceptors (Lipinski definition) is 7. The average molecular weight is 498 g/mol. The van der Waals surface area contributed by atoms with E-state index in [1.807, 2.05) is 13.0 Å². The Morgan fingerprint density at radius 2 is 1.97 bits per heavy atom. The molecule has 0 radical (unpaired) electrons. The molecule has 2 bridgehead atoms. The standard InChI is InChI=1S/C22H22FN5O2.C3H6OS/c1-12-4-15(24)6-17-20(12)21(26-11-25-17)27-16-3-2-14(23)5-18(16)30-10-19(29)28-22-7-13(8-22)9-22;4-5-2-1-3-5/h2-6,11,13H,7-10,24H2,1H3,(H,28,29)(H,25,26,27);1-3H2. The molecule has 184 valence electrons. The fourth-order valence-corrected chi connectivity index (χ4v) is 5.25. The van der Waals surface area contributed by atoms with Crippen LogP contribution in [0.3, 0.4) is 0 Å². The molecule has 0 unspecified atom stereocenters. The number of nitrogens with two attached hydrogens (primary N) is 1. The minimum absolute atomic E-state index is 0.0205. The lowest BCUT2D eigenvalue weighted by atomic mass is 9.50. The van der Waals surface area contributed by atoms with Crippen molar-refractivity contribution < 1.29 is 18.1 Å². The average Bonchev–Trinajstić information content (AvgIpc) is 2.74. The summed E-state index contributed by atoms with van der Waals surface area (Å²) in [5.74, 6) is 2.83. The van der Waals surface area contributed by atoms with Crippen LogP contribution < -0.4 is 21.1 Å². The highest BCUT2D eigenvalue weighted by molar-refractivity contribution is 7.86. The van der Waals surface area contributed by atoms with Crippen molar-refractivity contribution in [2.45, 2.75) is 38.1 Å². The van der Waals surface area contributed by atoms with Crippen molar-refractivity contribution in [2.24, 2.45) is 5.92 Å². The van der Waals surface area contributed by atoms with Gasteiger partial charge in [-0.05, 0) is 68.4 Å². The molecular formula is C25H28FN5O3S. The van der Waals surface area contributed by atoms with E-state index in [4.69, 9.17) is 10.5 Å². The number of aryl methyl sites for hydroxylation is 1. The predicted octanol–water partition coefficient (Wildman–Crippen LogP) is 3.59. The van der Waals surface area contributed by atoms with Crippen LogP contribution in [0.15, 0.2) is 36.7 Å². The van der Waals surface area contributed by atoms with Crippen LogP contribution >= 0.6 is 0 Å². The Hall–Kier alpha value is -3.27. The van der Waals surface area contributed by atoms with E-state index in [1.54, 1.807) is 12.1 Å². The second-order valence-corrected chi connectivity index (χ2v) is 11.2. The van der Waals surface area contributed by atoms with Gasteiger partial charge < -0.3 is 21.1 Å². The monoisotopic (exact) mass is 497 g/mol. The van der Waals surface area contributed by atoms with E-state index in [-0.39, 0.29) is 23.8 Å². The molecule has 35 heavy (non-hydrogen) atoms. The summed E-state index contributed by atoms with van der Waals surface area (Å²) in [6.45, 7) is 1.75. The highest BCUT2D eigenvalue weighted by Crippen LogP contribution is 2.56. The molecule has 2 aromatic carbocycles. The first kappa shape index (κ1) is 23.5. The third kappa shape index (κ3) is 5.07. The van der Waals surface area contributed by atoms with E-state index in [1.165, 1.54) is 24.9 Å². The molecule has 3 saturated carbocycles. The van der Waals surface area contributed by atoms with E-state index in [0.29, 0.717) is 22.7 Å². The number of ether oxygens (including phenoxy) is 1. The molecule has 10 heteroatoms. The number of nitrogens with one attached hydrogen (secondary N) is 2. The molecular weight excluding hydrogens is 469 g/mol. The molecule has 4 aliphatic rings. The minimum atomic E-state index is -0.452. The quantitative estimate of drug-likeness (QED) is 0.445. The van der Waals surface area contributed by atoms with Crippen LogP contribution in [0.2, 0.25) is 0 Å². The number of carbonyl (C=O) groups is 1. The van der Waals surface area contributed by atoms with E-state index in [9.17, 15) is 13.4 Å². The van der Waals surface area contributed by atoms with Crippen LogP contribution in [0.1, 0.15) is 31.2 Å². The summed E-state index contributed by atoms with van der Waals surface area (Å²) in [6.07, 6.45) is 5.78. The summed E-state index contributed by atoms with van der Waals surface area (Å²) >= 11 is 0. The van der Waals surface area contributed by atoms with Crippen LogP contribution in [-0.4, -0.2) is 43.7 Å². The maximum atomic E-state index is 13.9. The topological polar surface area (TPSA) is 119 Å². The van der Waals surface area contributed by atoms with Gasteiger partial charge in [-0.15, -0.1) is 0 Å². The van der Waals surface area contributed by atoms with Crippen molar-refractivity contribution in [3.63, 3.8) is 0 Å². The van der Waals surface area contributed by atoms with Crippen molar-refractivity contribution in [1.29, 1.82) is 0 Å². The number of hydrogen-bond donors (Lipinski definition) is 3. The van der Waals surface area contributed by atoms with Gasteiger partial charge in [0, 0.05) is 45.0 Å². The number of halogens is 1. The molecule has 1 aromatic heterocycles. The number of aromatic nitrogens is 2. The lowest BCUT2D eigenvalue weighted by molar-refractivity contribution is -0.134. The second-order valence-electron chi connectivity index (χ2n) is 9.52. The van der Waals surface area contributed by atoms with Crippen LogP contribution in [-0.2, 0) is 15.6 Å². The van der Waals surface area contributed by atoms with Crippen molar-refractivity contribution in [1.82, 2.24) is 15.3 Å². The summed E-state index contributed by atoms with van der Waals surface area (Å²) in [5, 5.41) is 7.04. The third-order valence-electron chi connectivity index (χ3n) is 6.70. The van der Waals surface area contributed by atoms with Gasteiger partial charge in [-0.1, -0.05) is 0 Å². The van der Waals surface area contributed by atoms with Gasteiger partial charge in [0.1, 0.15) is 23.7 Å². The molecule has 7 rings (SSSR count). The van der Waals surface area contributed by atoms with Gasteiger partial charge in [0.25, 0.3) is 5.91 Å². The summed E-state index contributed by atoms with van der Waals surface area (Å²) < 4.78 is 29.5. The van der Waals surface area contributed by atoms with Crippen LogP contribution in [0.25, 0.3) is 10.9 Å². The molecule has 1 amide bonds. The first-order valence-corrected chi connectivity index (χ1v) is 13.2. The minimum Gasteiger partial charge on any atom is -0.481 e. The normalized spacial score (nSPS) is 22.1. The van der Waals surface area contributed by atoms with E-state index in [2.05, 4.69) is 20.6 Å². The zero-order valence-corrected chi connectivity index (χ0v) is 20.3. The Kier molecular flexibility index (Phi) is 6.31. The number of carbonyl (C=O) groups excluding carboxylic acids is 1. The Morgan fingerprint density at radius 1 is 1.23 bits per heavy atom. The molecule has 2 heterocycles. The van der Waals surface area contributed by atoms with E-state index in [0.717, 1.165) is 47.6 Å². The van der Waals surface area contributed by atoms with Crippen LogP contribution in [0.5, 0.6) is 5.75 Å². The number of nitrogens with zero attached hydrogens (tertiary/aromatic N) is 2. The highest BCUT2D eigenvalue weighted by Gasteiger charge is 2.57. The van der Waals surface area contributed by atoms with Gasteiger partial charge in [-0.3, -0.25) is 9.00 Å². The third-order valence-corrected chi connectivity index (χ3v) is 8.19. The summed E-state index contributed by atoms with van der Waals surface area (Å²) in [4.78, 5) is 20.9. The number of benzene rings is 2. The first-order chi connectivity index (χ1) is 16.8. The van der Waals surface area contributed by atoms with Gasteiger partial charge in [0.15, 0.2) is 6.61 Å². The van der Waals surface area contributed by atoms with Gasteiger partial charge in [0.2, 0.25) is 0 Å². The van der Waals surface area contributed by atoms with E-state index >= 15 is 0 Å². The fraction of sp³-hybridized carbons (Fsp3) is 0.400. The molecule has 0 atom stereocenters.